The van der Waals surface area contributed by atoms with E-state index in [1.807, 2.05) is 6.92 Å². The van der Waals surface area contributed by atoms with E-state index in [-0.39, 0.29) is 24.3 Å². The molecule has 7 nitrogen and oxygen atoms in total. The topological polar surface area (TPSA) is 102 Å². The van der Waals surface area contributed by atoms with Crippen LogP contribution in [0.3, 0.4) is 0 Å². The Morgan fingerprint density at radius 3 is 2.61 bits per heavy atom. The Kier molecular flexibility index (Phi) is 5.33. The summed E-state index contributed by atoms with van der Waals surface area (Å²) in [5.74, 6) is -1.17. The average molecular weight is 319 g/mol. The van der Waals surface area contributed by atoms with Crippen LogP contribution in [0.15, 0.2) is 24.3 Å². The number of amides is 3. The highest BCUT2D eigenvalue weighted by Gasteiger charge is 2.36. The highest BCUT2D eigenvalue weighted by Crippen LogP contribution is 2.22. The zero-order valence-electron chi connectivity index (χ0n) is 13.2. The standard InChI is InChI=1S/C16H21N3O4/c1-10(9-23-2)19-8-12(7-14(19)20)16(22)18-13-5-3-11(4-6-13)15(17)21/h3-6,10,12H,7-9H2,1-2H3,(H2,17,21)(H,18,22)/t10-,12-/m1/s1. The first-order valence-corrected chi connectivity index (χ1v) is 7.41. The molecule has 0 bridgehead atoms. The van der Waals surface area contributed by atoms with Crippen molar-refractivity contribution in [2.75, 3.05) is 25.6 Å². The Morgan fingerprint density at radius 1 is 1.39 bits per heavy atom. The SMILES string of the molecule is COC[C@@H](C)N1C[C@H](C(=O)Nc2ccc(C(N)=O)cc2)CC1=O. The number of nitrogens with zero attached hydrogens (tertiary/aromatic N) is 1. The molecule has 0 aliphatic carbocycles. The summed E-state index contributed by atoms with van der Waals surface area (Å²) in [5.41, 5.74) is 6.11. The Labute approximate surface area is 134 Å². The number of rotatable bonds is 6. The zero-order chi connectivity index (χ0) is 17.0. The van der Waals surface area contributed by atoms with Crippen molar-refractivity contribution in [3.05, 3.63) is 29.8 Å². The third-order valence-electron chi connectivity index (χ3n) is 3.91. The second-order valence-corrected chi connectivity index (χ2v) is 5.68. The van der Waals surface area contributed by atoms with Crippen LogP contribution in [0.25, 0.3) is 0 Å². The fourth-order valence-corrected chi connectivity index (χ4v) is 2.63. The molecular weight excluding hydrogens is 298 g/mol. The van der Waals surface area contributed by atoms with E-state index in [2.05, 4.69) is 5.32 Å². The lowest BCUT2D eigenvalue weighted by molar-refractivity contribution is -0.130. The van der Waals surface area contributed by atoms with Crippen molar-refractivity contribution in [1.82, 2.24) is 4.90 Å². The summed E-state index contributed by atoms with van der Waals surface area (Å²) in [6.07, 6.45) is 0.194. The van der Waals surface area contributed by atoms with Gasteiger partial charge in [-0.25, -0.2) is 0 Å². The van der Waals surface area contributed by atoms with Crippen molar-refractivity contribution < 1.29 is 19.1 Å². The number of carbonyl (C=O) groups is 3. The number of hydrogen-bond acceptors (Lipinski definition) is 4. The van der Waals surface area contributed by atoms with E-state index in [4.69, 9.17) is 10.5 Å². The van der Waals surface area contributed by atoms with Crippen molar-refractivity contribution in [2.45, 2.75) is 19.4 Å². The lowest BCUT2D eigenvalue weighted by atomic mass is 10.1. The van der Waals surface area contributed by atoms with Crippen molar-refractivity contribution >= 4 is 23.4 Å². The predicted molar refractivity (Wildman–Crippen MR) is 84.7 cm³/mol. The van der Waals surface area contributed by atoms with Gasteiger partial charge in [0.05, 0.1) is 18.6 Å². The van der Waals surface area contributed by atoms with Crippen LogP contribution in [0.1, 0.15) is 23.7 Å². The summed E-state index contributed by atoms with van der Waals surface area (Å²) < 4.78 is 5.05. The number of likely N-dealkylation sites (tertiary alicyclic amines) is 1. The van der Waals surface area contributed by atoms with Gasteiger partial charge in [0.1, 0.15) is 0 Å². The average Bonchev–Trinajstić information content (AvgIpc) is 2.90. The molecule has 124 valence electrons. The molecule has 1 saturated heterocycles. The van der Waals surface area contributed by atoms with Crippen LogP contribution in [-0.4, -0.2) is 48.9 Å². The molecule has 0 radical (unpaired) electrons. The number of carbonyl (C=O) groups excluding carboxylic acids is 3. The molecule has 1 aliphatic heterocycles. The first-order chi connectivity index (χ1) is 10.9. The van der Waals surface area contributed by atoms with Gasteiger partial charge < -0.3 is 20.7 Å². The summed E-state index contributed by atoms with van der Waals surface area (Å²) in [6, 6.07) is 6.26. The molecule has 23 heavy (non-hydrogen) atoms. The van der Waals surface area contributed by atoms with Gasteiger partial charge in [-0.2, -0.15) is 0 Å². The molecule has 0 unspecified atom stereocenters. The number of ether oxygens (including phenoxy) is 1. The molecule has 3 amide bonds. The lowest BCUT2D eigenvalue weighted by Crippen LogP contribution is -2.38. The molecular formula is C16H21N3O4. The molecule has 1 aliphatic rings. The molecule has 3 N–H and O–H groups in total. The normalized spacial score (nSPS) is 18.8. The van der Waals surface area contributed by atoms with Crippen LogP contribution in [0.5, 0.6) is 0 Å². The van der Waals surface area contributed by atoms with E-state index >= 15 is 0 Å². The summed E-state index contributed by atoms with van der Waals surface area (Å²) in [6.45, 7) is 2.72. The van der Waals surface area contributed by atoms with E-state index in [0.29, 0.717) is 24.4 Å². The minimum Gasteiger partial charge on any atom is -0.383 e. The Bertz CT molecular complexity index is 600. The molecule has 0 saturated carbocycles. The maximum Gasteiger partial charge on any atom is 0.248 e. The van der Waals surface area contributed by atoms with Gasteiger partial charge in [0.25, 0.3) is 0 Å². The van der Waals surface area contributed by atoms with Crippen molar-refractivity contribution in [2.24, 2.45) is 11.7 Å². The largest absolute Gasteiger partial charge is 0.383 e. The Hall–Kier alpha value is -2.41. The van der Waals surface area contributed by atoms with Crippen molar-refractivity contribution in [3.63, 3.8) is 0 Å². The summed E-state index contributed by atoms with van der Waals surface area (Å²) >= 11 is 0. The molecule has 1 aromatic carbocycles. The molecule has 7 heteroatoms. The van der Waals surface area contributed by atoms with Crippen molar-refractivity contribution in [3.8, 4) is 0 Å². The van der Waals surface area contributed by atoms with Gasteiger partial charge in [-0.05, 0) is 31.2 Å². The molecule has 2 rings (SSSR count). The number of nitrogens with one attached hydrogen (secondary N) is 1. The maximum atomic E-state index is 12.3. The van der Waals surface area contributed by atoms with Gasteiger partial charge in [0.15, 0.2) is 0 Å². The molecule has 0 aromatic heterocycles. The van der Waals surface area contributed by atoms with Gasteiger partial charge in [0, 0.05) is 31.3 Å². The number of methoxy groups -OCH3 is 1. The van der Waals surface area contributed by atoms with E-state index in [1.165, 1.54) is 0 Å². The Morgan fingerprint density at radius 2 is 2.04 bits per heavy atom. The summed E-state index contributed by atoms with van der Waals surface area (Å²) in [7, 11) is 1.58. The fourth-order valence-electron chi connectivity index (χ4n) is 2.63. The van der Waals surface area contributed by atoms with E-state index in [9.17, 15) is 14.4 Å². The van der Waals surface area contributed by atoms with Crippen LogP contribution < -0.4 is 11.1 Å². The number of hydrogen-bond donors (Lipinski definition) is 2. The van der Waals surface area contributed by atoms with Crippen LogP contribution >= 0.6 is 0 Å². The van der Waals surface area contributed by atoms with E-state index in [0.717, 1.165) is 0 Å². The highest BCUT2D eigenvalue weighted by molar-refractivity contribution is 5.98. The molecule has 1 fully saturated rings. The monoisotopic (exact) mass is 319 g/mol. The number of nitrogens with two attached hydrogens (primary N) is 1. The first-order valence-electron chi connectivity index (χ1n) is 7.41. The first kappa shape index (κ1) is 17.0. The fraction of sp³-hybridized carbons (Fsp3) is 0.438. The van der Waals surface area contributed by atoms with E-state index < -0.39 is 11.8 Å². The third kappa shape index (κ3) is 4.07. The van der Waals surface area contributed by atoms with Gasteiger partial charge in [-0.3, -0.25) is 14.4 Å². The van der Waals surface area contributed by atoms with Gasteiger partial charge in [0.2, 0.25) is 17.7 Å². The summed E-state index contributed by atoms with van der Waals surface area (Å²) in [4.78, 5) is 37.0. The van der Waals surface area contributed by atoms with Crippen LogP contribution in [0, 0.1) is 5.92 Å². The molecule has 0 spiro atoms. The number of anilines is 1. The lowest BCUT2D eigenvalue weighted by Gasteiger charge is -2.23. The zero-order valence-corrected chi connectivity index (χ0v) is 13.2. The third-order valence-corrected chi connectivity index (χ3v) is 3.91. The van der Waals surface area contributed by atoms with Gasteiger partial charge >= 0.3 is 0 Å². The second-order valence-electron chi connectivity index (χ2n) is 5.68. The van der Waals surface area contributed by atoms with Crippen LogP contribution in [0.2, 0.25) is 0 Å². The van der Waals surface area contributed by atoms with Crippen LogP contribution in [-0.2, 0) is 14.3 Å². The minimum atomic E-state index is -0.521. The van der Waals surface area contributed by atoms with Gasteiger partial charge in [-0.1, -0.05) is 0 Å². The molecule has 1 heterocycles. The number of benzene rings is 1. The maximum absolute atomic E-state index is 12.3. The molecule has 1 aromatic rings. The highest BCUT2D eigenvalue weighted by atomic mass is 16.5. The Balaban J connectivity index is 1.96. The van der Waals surface area contributed by atoms with Gasteiger partial charge in [-0.15, -0.1) is 0 Å². The van der Waals surface area contributed by atoms with E-state index in [1.54, 1.807) is 36.3 Å². The molecule has 2 atom stereocenters. The minimum absolute atomic E-state index is 0.0428. The quantitative estimate of drug-likeness (QED) is 0.802. The second kappa shape index (κ2) is 7.23. The summed E-state index contributed by atoms with van der Waals surface area (Å²) in [5, 5.41) is 2.76. The smallest absolute Gasteiger partial charge is 0.248 e. The predicted octanol–water partition coefficient (Wildman–Crippen LogP) is 0.607. The van der Waals surface area contributed by atoms with Crippen LogP contribution in [0.4, 0.5) is 5.69 Å². The number of primary amides is 1. The van der Waals surface area contributed by atoms with Crippen molar-refractivity contribution in [1.29, 1.82) is 0 Å².